The minimum atomic E-state index is -0.870. The lowest BCUT2D eigenvalue weighted by molar-refractivity contribution is 0.102. The summed E-state index contributed by atoms with van der Waals surface area (Å²) in [6.45, 7) is 4.58. The molecular weight excluding hydrogens is 364 g/mol. The Labute approximate surface area is 156 Å². The fourth-order valence-corrected chi connectivity index (χ4v) is 2.46. The highest BCUT2D eigenvalue weighted by Gasteiger charge is 2.18. The van der Waals surface area contributed by atoms with Gasteiger partial charge < -0.3 is 14.8 Å². The van der Waals surface area contributed by atoms with Crippen molar-refractivity contribution in [3.63, 3.8) is 0 Å². The first-order valence-electron chi connectivity index (χ1n) is 8.09. The number of hydrogen-bond donors (Lipinski definition) is 1. The van der Waals surface area contributed by atoms with Gasteiger partial charge in [-0.2, -0.15) is 0 Å². The van der Waals surface area contributed by atoms with E-state index >= 15 is 0 Å². The van der Waals surface area contributed by atoms with Gasteiger partial charge in [-0.1, -0.05) is 31.5 Å². The van der Waals surface area contributed by atoms with E-state index in [0.717, 1.165) is 18.6 Å². The average molecular weight is 384 g/mol. The number of carbonyl (C=O) groups is 1. The summed E-state index contributed by atoms with van der Waals surface area (Å²) in [4.78, 5) is 12.4. The summed E-state index contributed by atoms with van der Waals surface area (Å²) in [5.41, 5.74) is -0.435. The zero-order valence-electron chi connectivity index (χ0n) is 14.7. The summed E-state index contributed by atoms with van der Waals surface area (Å²) in [6, 6.07) is 6.09. The van der Waals surface area contributed by atoms with Crippen molar-refractivity contribution in [3.8, 4) is 11.5 Å². The van der Waals surface area contributed by atoms with E-state index in [4.69, 9.17) is 21.1 Å². The SMILES string of the molecule is COc1cc(C(=O)Nc2c(F)cccc2F)cc(Cl)c1OCCC(C)C. The van der Waals surface area contributed by atoms with Crippen molar-refractivity contribution in [1.29, 1.82) is 0 Å². The van der Waals surface area contributed by atoms with Gasteiger partial charge in [0.15, 0.2) is 11.5 Å². The molecule has 0 fully saturated rings. The predicted molar refractivity (Wildman–Crippen MR) is 97.3 cm³/mol. The number of carbonyl (C=O) groups excluding carboxylic acids is 1. The van der Waals surface area contributed by atoms with E-state index in [9.17, 15) is 13.6 Å². The van der Waals surface area contributed by atoms with Crippen molar-refractivity contribution in [2.45, 2.75) is 20.3 Å². The van der Waals surface area contributed by atoms with Gasteiger partial charge in [-0.05, 0) is 36.6 Å². The Morgan fingerprint density at radius 3 is 2.46 bits per heavy atom. The average Bonchev–Trinajstić information content (AvgIpc) is 2.58. The molecule has 0 spiro atoms. The standard InChI is InChI=1S/C19H20ClF2NO3/c1-11(2)7-8-26-18-13(20)9-12(10-16(18)25-3)19(24)23-17-14(21)5-4-6-15(17)22/h4-6,9-11H,7-8H2,1-3H3,(H,23,24). The summed E-state index contributed by atoms with van der Waals surface area (Å²) in [7, 11) is 1.42. The topological polar surface area (TPSA) is 47.6 Å². The number of halogens is 3. The summed E-state index contributed by atoms with van der Waals surface area (Å²) in [6.07, 6.45) is 0.828. The van der Waals surface area contributed by atoms with Gasteiger partial charge in [-0.3, -0.25) is 4.79 Å². The second kappa shape index (κ2) is 8.85. The Balaban J connectivity index is 2.24. The van der Waals surface area contributed by atoms with Crippen LogP contribution in [0.1, 0.15) is 30.6 Å². The van der Waals surface area contributed by atoms with Crippen molar-refractivity contribution >= 4 is 23.2 Å². The van der Waals surface area contributed by atoms with E-state index in [0.29, 0.717) is 18.3 Å². The minimum absolute atomic E-state index is 0.0886. The van der Waals surface area contributed by atoms with Crippen molar-refractivity contribution in [2.24, 2.45) is 5.92 Å². The van der Waals surface area contributed by atoms with Crippen molar-refractivity contribution < 1.29 is 23.0 Å². The molecule has 0 radical (unpaired) electrons. The number of rotatable bonds is 7. The fourth-order valence-electron chi connectivity index (χ4n) is 2.19. The number of methoxy groups -OCH3 is 1. The van der Waals surface area contributed by atoms with Crippen LogP contribution in [0.2, 0.25) is 5.02 Å². The number of benzene rings is 2. The van der Waals surface area contributed by atoms with Crippen molar-refractivity contribution in [1.82, 2.24) is 0 Å². The molecule has 0 aromatic heterocycles. The Hall–Kier alpha value is -2.34. The Kier molecular flexibility index (Phi) is 6.80. The van der Waals surface area contributed by atoms with Crippen LogP contribution >= 0.6 is 11.6 Å². The Morgan fingerprint density at radius 2 is 1.88 bits per heavy atom. The largest absolute Gasteiger partial charge is 0.493 e. The number of para-hydroxylation sites is 1. The maximum atomic E-state index is 13.7. The minimum Gasteiger partial charge on any atom is -0.493 e. The number of nitrogens with one attached hydrogen (secondary N) is 1. The van der Waals surface area contributed by atoms with Gasteiger partial charge in [0, 0.05) is 5.56 Å². The molecule has 0 unspecified atom stereocenters. The smallest absolute Gasteiger partial charge is 0.256 e. The van der Waals surface area contributed by atoms with Crippen LogP contribution in [0.25, 0.3) is 0 Å². The van der Waals surface area contributed by atoms with E-state index in [1.165, 1.54) is 25.3 Å². The molecule has 2 rings (SSSR count). The summed E-state index contributed by atoms with van der Waals surface area (Å²) in [5, 5.41) is 2.38. The van der Waals surface area contributed by atoms with Crippen LogP contribution < -0.4 is 14.8 Å². The van der Waals surface area contributed by atoms with Gasteiger partial charge in [-0.25, -0.2) is 8.78 Å². The third-order valence-electron chi connectivity index (χ3n) is 3.63. The highest BCUT2D eigenvalue weighted by molar-refractivity contribution is 6.32. The van der Waals surface area contributed by atoms with Crippen LogP contribution in [-0.2, 0) is 0 Å². The molecule has 0 heterocycles. The van der Waals surface area contributed by atoms with Crippen LogP contribution in [0.15, 0.2) is 30.3 Å². The number of anilines is 1. The predicted octanol–water partition coefficient (Wildman–Crippen LogP) is 5.30. The zero-order valence-corrected chi connectivity index (χ0v) is 15.5. The van der Waals surface area contributed by atoms with Crippen LogP contribution in [0, 0.1) is 17.6 Å². The van der Waals surface area contributed by atoms with Gasteiger partial charge in [0.2, 0.25) is 0 Å². The number of hydrogen-bond acceptors (Lipinski definition) is 3. The van der Waals surface area contributed by atoms with E-state index in [2.05, 4.69) is 19.2 Å². The maximum Gasteiger partial charge on any atom is 0.256 e. The van der Waals surface area contributed by atoms with E-state index in [1.807, 2.05) is 0 Å². The quantitative estimate of drug-likeness (QED) is 0.705. The third-order valence-corrected chi connectivity index (χ3v) is 3.92. The molecule has 1 amide bonds. The highest BCUT2D eigenvalue weighted by atomic mass is 35.5. The third kappa shape index (κ3) is 4.85. The lowest BCUT2D eigenvalue weighted by atomic mass is 10.1. The van der Waals surface area contributed by atoms with Gasteiger partial charge in [0.1, 0.15) is 17.3 Å². The first-order valence-corrected chi connectivity index (χ1v) is 8.47. The molecule has 26 heavy (non-hydrogen) atoms. The van der Waals surface area contributed by atoms with Gasteiger partial charge in [-0.15, -0.1) is 0 Å². The molecule has 0 aliphatic rings. The summed E-state index contributed by atoms with van der Waals surface area (Å²) in [5.74, 6) is -1.41. The molecule has 0 atom stereocenters. The molecule has 0 bridgehead atoms. The molecule has 4 nitrogen and oxygen atoms in total. The Morgan fingerprint density at radius 1 is 1.23 bits per heavy atom. The molecule has 0 aliphatic heterocycles. The molecule has 140 valence electrons. The highest BCUT2D eigenvalue weighted by Crippen LogP contribution is 2.37. The molecule has 2 aromatic carbocycles. The fraction of sp³-hybridized carbons (Fsp3) is 0.316. The first kappa shape index (κ1) is 20.0. The Bertz CT molecular complexity index is 776. The van der Waals surface area contributed by atoms with Crippen molar-refractivity contribution in [3.05, 3.63) is 52.6 Å². The second-order valence-electron chi connectivity index (χ2n) is 6.07. The van der Waals surface area contributed by atoms with Crippen LogP contribution in [-0.4, -0.2) is 19.6 Å². The monoisotopic (exact) mass is 383 g/mol. The molecule has 2 aromatic rings. The molecular formula is C19H20ClF2NO3. The number of amides is 1. The van der Waals surface area contributed by atoms with Crippen molar-refractivity contribution in [2.75, 3.05) is 19.0 Å². The van der Waals surface area contributed by atoms with Gasteiger partial charge in [0.05, 0.1) is 18.7 Å². The van der Waals surface area contributed by atoms with E-state index in [1.54, 1.807) is 0 Å². The molecule has 1 N–H and O–H groups in total. The second-order valence-corrected chi connectivity index (χ2v) is 6.48. The van der Waals surface area contributed by atoms with Crippen LogP contribution in [0.4, 0.5) is 14.5 Å². The summed E-state index contributed by atoms with van der Waals surface area (Å²) >= 11 is 6.21. The lowest BCUT2D eigenvalue weighted by Gasteiger charge is -2.15. The van der Waals surface area contributed by atoms with E-state index in [-0.39, 0.29) is 16.3 Å². The molecule has 0 saturated heterocycles. The molecule has 0 aliphatic carbocycles. The molecule has 7 heteroatoms. The first-order chi connectivity index (χ1) is 12.3. The van der Waals surface area contributed by atoms with Gasteiger partial charge in [0.25, 0.3) is 5.91 Å². The number of ether oxygens (including phenoxy) is 2. The maximum absolute atomic E-state index is 13.7. The normalized spacial score (nSPS) is 10.7. The molecule has 0 saturated carbocycles. The van der Waals surface area contributed by atoms with Crippen LogP contribution in [0.3, 0.4) is 0 Å². The lowest BCUT2D eigenvalue weighted by Crippen LogP contribution is -2.15. The van der Waals surface area contributed by atoms with Crippen LogP contribution in [0.5, 0.6) is 11.5 Å². The van der Waals surface area contributed by atoms with Gasteiger partial charge >= 0.3 is 0 Å². The van der Waals surface area contributed by atoms with E-state index < -0.39 is 23.2 Å². The summed E-state index contributed by atoms with van der Waals surface area (Å²) < 4.78 is 38.3. The zero-order chi connectivity index (χ0) is 19.3.